The molecule has 3 rings (SSSR count). The number of nitrogens with zero attached hydrogens (tertiary/aromatic N) is 3. The average molecular weight is 627 g/mol. The fraction of sp³-hybridized carbons (Fsp3) is 0.364. The first-order chi connectivity index (χ1) is 19.7. The van der Waals surface area contributed by atoms with Gasteiger partial charge in [-0.15, -0.1) is 15.6 Å². The van der Waals surface area contributed by atoms with Crippen LogP contribution in [0.5, 0.6) is 5.75 Å². The maximum atomic E-state index is 13.0. The molecule has 1 atom stereocenters. The maximum absolute atomic E-state index is 13.0. The van der Waals surface area contributed by atoms with E-state index in [0.29, 0.717) is 29.5 Å². The number of aromatic nitrogens is 1. The molecular formula is C22H30N10O8S2. The number of thiazole rings is 1. The molecule has 42 heavy (non-hydrogen) atoms. The van der Waals surface area contributed by atoms with E-state index in [1.807, 2.05) is 0 Å². The Hall–Kier alpha value is -4.53. The molecule has 228 valence electrons. The lowest BCUT2D eigenvalue weighted by Crippen LogP contribution is -2.76. The van der Waals surface area contributed by atoms with Crippen molar-refractivity contribution in [2.45, 2.75) is 25.4 Å². The number of nitrogens with one attached hydrogen (secondary N) is 5. The molecule has 18 nitrogen and oxygen atoms in total. The van der Waals surface area contributed by atoms with Crippen LogP contribution in [0, 0.1) is 10.8 Å². The summed E-state index contributed by atoms with van der Waals surface area (Å²) in [5.74, 6) is -1.25. The Balaban J connectivity index is 1.54. The highest BCUT2D eigenvalue weighted by Gasteiger charge is 2.58. The van der Waals surface area contributed by atoms with E-state index < -0.39 is 33.8 Å². The first-order valence-corrected chi connectivity index (χ1v) is 14.3. The molecule has 0 saturated carbocycles. The van der Waals surface area contributed by atoms with Gasteiger partial charge in [0.05, 0.1) is 5.54 Å². The summed E-state index contributed by atoms with van der Waals surface area (Å²) in [5, 5.41) is 29.0. The Labute approximate surface area is 244 Å². The summed E-state index contributed by atoms with van der Waals surface area (Å²) in [6, 6.07) is 5.47. The molecule has 10 N–H and O–H groups in total. The van der Waals surface area contributed by atoms with Gasteiger partial charge in [0.1, 0.15) is 29.9 Å². The zero-order valence-electron chi connectivity index (χ0n) is 22.4. The molecule has 1 fully saturated rings. The van der Waals surface area contributed by atoms with Crippen LogP contribution in [0.15, 0.2) is 34.8 Å². The number of β-lactam (4-membered cyclic amide) rings is 1. The summed E-state index contributed by atoms with van der Waals surface area (Å²) in [7, 11) is -4.96. The number of guanidine groups is 1. The summed E-state index contributed by atoms with van der Waals surface area (Å²) >= 11 is 1.05. The Morgan fingerprint density at radius 3 is 2.45 bits per heavy atom. The van der Waals surface area contributed by atoms with E-state index in [-0.39, 0.29) is 41.5 Å². The molecule has 1 aromatic carbocycles. The molecule has 0 aliphatic carbocycles. The number of ether oxygens (including phenoxy) is 1. The number of benzene rings is 1. The van der Waals surface area contributed by atoms with Crippen molar-refractivity contribution in [3.8, 4) is 5.75 Å². The molecule has 1 aromatic heterocycles. The predicted molar refractivity (Wildman–Crippen MR) is 151 cm³/mol. The fourth-order valence-corrected chi connectivity index (χ4v) is 4.53. The third-order valence-electron chi connectivity index (χ3n) is 5.59. The number of carbonyl (C=O) groups excluding carboxylic acids is 2. The lowest BCUT2D eigenvalue weighted by Gasteiger charge is -2.50. The summed E-state index contributed by atoms with van der Waals surface area (Å²) in [6.07, 6.45) is 0. The van der Waals surface area contributed by atoms with E-state index >= 15 is 0 Å². The minimum absolute atomic E-state index is 0.0411. The van der Waals surface area contributed by atoms with Crippen molar-refractivity contribution in [3.05, 3.63) is 40.9 Å². The van der Waals surface area contributed by atoms with Crippen molar-refractivity contribution in [2.24, 2.45) is 10.9 Å². The van der Waals surface area contributed by atoms with Crippen LogP contribution in [0.1, 0.15) is 25.1 Å². The number of amides is 2. The quantitative estimate of drug-likeness (QED) is 0.0305. The number of oxime groups is 1. The first-order valence-electron chi connectivity index (χ1n) is 12.1. The zero-order chi connectivity index (χ0) is 31.1. The highest BCUT2D eigenvalue weighted by atomic mass is 32.3. The van der Waals surface area contributed by atoms with E-state index in [2.05, 4.69) is 30.4 Å². The number of carbonyl (C=O) groups is 2. The van der Waals surface area contributed by atoms with Crippen molar-refractivity contribution in [1.29, 1.82) is 10.8 Å². The van der Waals surface area contributed by atoms with Gasteiger partial charge in [-0.3, -0.25) is 25.0 Å². The first kappa shape index (κ1) is 32.0. The van der Waals surface area contributed by atoms with Gasteiger partial charge in [0, 0.05) is 24.0 Å². The molecule has 2 heterocycles. The van der Waals surface area contributed by atoms with Gasteiger partial charge >= 0.3 is 10.4 Å². The number of hydroxylamine groups is 2. The van der Waals surface area contributed by atoms with Crippen molar-refractivity contribution in [2.75, 3.05) is 32.0 Å². The highest BCUT2D eigenvalue weighted by Crippen LogP contribution is 2.33. The number of hydrogen-bond acceptors (Lipinski definition) is 13. The van der Waals surface area contributed by atoms with Gasteiger partial charge in [0.2, 0.25) is 0 Å². The van der Waals surface area contributed by atoms with Crippen molar-refractivity contribution >= 4 is 56.2 Å². The van der Waals surface area contributed by atoms with E-state index in [9.17, 15) is 18.0 Å². The second-order valence-corrected chi connectivity index (χ2v) is 10.9. The van der Waals surface area contributed by atoms with Gasteiger partial charge in [-0.05, 0) is 38.1 Å². The van der Waals surface area contributed by atoms with E-state index in [4.69, 9.17) is 36.4 Å². The monoisotopic (exact) mass is 626 g/mol. The van der Waals surface area contributed by atoms with E-state index in [1.165, 1.54) is 19.2 Å². The third-order valence-corrected chi connectivity index (χ3v) is 6.60. The number of rotatable bonds is 14. The zero-order valence-corrected chi connectivity index (χ0v) is 24.0. The minimum Gasteiger partial charge on any atom is -0.490 e. The number of nitrogen functional groups attached to an aromatic ring is 1. The Morgan fingerprint density at radius 2 is 1.88 bits per heavy atom. The average Bonchev–Trinajstić information content (AvgIpc) is 3.35. The van der Waals surface area contributed by atoms with Gasteiger partial charge in [0.15, 0.2) is 23.4 Å². The molecule has 2 amide bonds. The topological polar surface area (TPSA) is 281 Å². The highest BCUT2D eigenvalue weighted by molar-refractivity contribution is 7.80. The standard InChI is InChI=1S/C22H30N10O8S2/c1-22(2)16(19(34)32(22)40-42(35,36)37)30-18(33)15(14-11-41-21(26)29-14)31-39-10-9-38-13-5-3-12(4-6-13)17(23)27-7-8-28-20(24)25/h3-6,11,16H,7-10H2,1-2H3,(H2,23,27)(H2,26,29)(H,30,33)(H4,24,25,28)(H,35,36,37)/t16-/m1/s1. The molecule has 0 spiro atoms. The van der Waals surface area contributed by atoms with Crippen LogP contribution in [-0.2, 0) is 29.1 Å². The van der Waals surface area contributed by atoms with Gasteiger partial charge in [-0.1, -0.05) is 5.16 Å². The lowest BCUT2D eigenvalue weighted by atomic mass is 9.84. The summed E-state index contributed by atoms with van der Waals surface area (Å²) in [6.45, 7) is 3.58. The molecule has 1 aliphatic rings. The van der Waals surface area contributed by atoms with Gasteiger partial charge in [0.25, 0.3) is 11.8 Å². The Morgan fingerprint density at radius 1 is 1.21 bits per heavy atom. The van der Waals surface area contributed by atoms with Gasteiger partial charge < -0.3 is 37.0 Å². The van der Waals surface area contributed by atoms with Gasteiger partial charge in [-0.2, -0.15) is 13.5 Å². The van der Waals surface area contributed by atoms with Crippen LogP contribution in [-0.4, -0.2) is 90.2 Å². The summed E-state index contributed by atoms with van der Waals surface area (Å²) in [4.78, 5) is 34.7. The van der Waals surface area contributed by atoms with Crippen LogP contribution >= 0.6 is 11.3 Å². The Kier molecular flexibility index (Phi) is 10.2. The smallest absolute Gasteiger partial charge is 0.418 e. The third kappa shape index (κ3) is 8.49. The van der Waals surface area contributed by atoms with Crippen LogP contribution in [0.4, 0.5) is 5.13 Å². The SMILES string of the molecule is CC1(C)[C@H](NC(=O)C(=NOCCOc2ccc(C(=N)NCCNC(=N)N)cc2)c2csc(N)n2)C(=O)N1OS(=O)(=O)O. The molecule has 0 unspecified atom stereocenters. The number of hydrogen-bond donors (Lipinski definition) is 8. The van der Waals surface area contributed by atoms with Crippen LogP contribution < -0.4 is 32.2 Å². The van der Waals surface area contributed by atoms with Crippen LogP contribution in [0.25, 0.3) is 0 Å². The largest absolute Gasteiger partial charge is 0.490 e. The molecule has 1 aliphatic heterocycles. The van der Waals surface area contributed by atoms with Crippen molar-refractivity contribution in [3.63, 3.8) is 0 Å². The molecule has 0 bridgehead atoms. The van der Waals surface area contributed by atoms with E-state index in [0.717, 1.165) is 11.3 Å². The van der Waals surface area contributed by atoms with Crippen molar-refractivity contribution < 1.29 is 36.4 Å². The second-order valence-electron chi connectivity index (χ2n) is 9.05. The second kappa shape index (κ2) is 13.4. The minimum atomic E-state index is -4.96. The predicted octanol–water partition coefficient (Wildman–Crippen LogP) is -1.24. The maximum Gasteiger partial charge on any atom is 0.418 e. The molecular weight excluding hydrogens is 596 g/mol. The Bertz CT molecular complexity index is 1460. The molecule has 0 radical (unpaired) electrons. The summed E-state index contributed by atoms with van der Waals surface area (Å²) in [5.41, 5.74) is 9.95. The number of nitrogens with two attached hydrogens (primary N) is 2. The number of amidine groups is 1. The molecule has 1 saturated heterocycles. The molecule has 20 heteroatoms. The van der Waals surface area contributed by atoms with Crippen molar-refractivity contribution in [1.82, 2.24) is 26.0 Å². The molecule has 2 aromatic rings. The number of anilines is 1. The van der Waals surface area contributed by atoms with Crippen LogP contribution in [0.2, 0.25) is 0 Å². The fourth-order valence-electron chi connectivity index (χ4n) is 3.53. The lowest BCUT2D eigenvalue weighted by molar-refractivity contribution is -0.218. The van der Waals surface area contributed by atoms with E-state index in [1.54, 1.807) is 24.3 Å². The van der Waals surface area contributed by atoms with Gasteiger partial charge in [-0.25, -0.2) is 4.98 Å². The van der Waals surface area contributed by atoms with Crippen LogP contribution in [0.3, 0.4) is 0 Å². The normalized spacial score (nSPS) is 16.3. The summed E-state index contributed by atoms with van der Waals surface area (Å²) < 4.78 is 40.8.